The van der Waals surface area contributed by atoms with Crippen LogP contribution in [0.3, 0.4) is 0 Å². The van der Waals surface area contributed by atoms with E-state index >= 15 is 0 Å². The largest absolute Gasteiger partial charge is 0.497 e. The van der Waals surface area contributed by atoms with Crippen LogP contribution in [0.4, 0.5) is 0 Å². The molecule has 0 radical (unpaired) electrons. The van der Waals surface area contributed by atoms with Crippen LogP contribution in [0.5, 0.6) is 17.2 Å². The Labute approximate surface area is 169 Å². The standard InChI is InChI=1S/C23H22N2O4/c1-27-21-12-19(13-22(14-21)28-2)23(26)25-24-15-18-9-6-10-20(11-18)29-16-17-7-4-3-5-8-17/h3-15H,16H2,1-2H3,(H,25,26)/b24-15+. The second-order valence-corrected chi connectivity index (χ2v) is 6.15. The highest BCUT2D eigenvalue weighted by atomic mass is 16.5. The van der Waals surface area contributed by atoms with E-state index in [1.165, 1.54) is 14.2 Å². The lowest BCUT2D eigenvalue weighted by Gasteiger charge is -2.07. The number of methoxy groups -OCH3 is 2. The topological polar surface area (TPSA) is 69.2 Å². The van der Waals surface area contributed by atoms with Crippen molar-refractivity contribution in [2.24, 2.45) is 5.10 Å². The summed E-state index contributed by atoms with van der Waals surface area (Å²) in [6.45, 7) is 0.482. The van der Waals surface area contributed by atoms with Gasteiger partial charge in [-0.1, -0.05) is 42.5 Å². The molecule has 3 aromatic rings. The molecule has 0 unspecified atom stereocenters. The summed E-state index contributed by atoms with van der Waals surface area (Å²) in [5.74, 6) is 1.42. The fraction of sp³-hybridized carbons (Fsp3) is 0.130. The Morgan fingerprint density at radius 2 is 1.62 bits per heavy atom. The van der Waals surface area contributed by atoms with Crippen LogP contribution in [-0.4, -0.2) is 26.3 Å². The van der Waals surface area contributed by atoms with Gasteiger partial charge in [-0.2, -0.15) is 5.10 Å². The molecule has 3 aromatic carbocycles. The number of amides is 1. The van der Waals surface area contributed by atoms with Crippen LogP contribution in [0, 0.1) is 0 Å². The predicted molar refractivity (Wildman–Crippen MR) is 112 cm³/mol. The molecular formula is C23H22N2O4. The molecule has 1 N–H and O–H groups in total. The molecular weight excluding hydrogens is 368 g/mol. The summed E-state index contributed by atoms with van der Waals surface area (Å²) in [5, 5.41) is 4.03. The van der Waals surface area contributed by atoms with Crippen LogP contribution < -0.4 is 19.6 Å². The predicted octanol–water partition coefficient (Wildman–Crippen LogP) is 4.05. The van der Waals surface area contributed by atoms with E-state index in [0.29, 0.717) is 23.7 Å². The molecule has 0 heterocycles. The van der Waals surface area contributed by atoms with E-state index in [2.05, 4.69) is 10.5 Å². The second-order valence-electron chi connectivity index (χ2n) is 6.15. The molecule has 1 amide bonds. The monoisotopic (exact) mass is 390 g/mol. The zero-order chi connectivity index (χ0) is 20.5. The fourth-order valence-electron chi connectivity index (χ4n) is 2.59. The first kappa shape index (κ1) is 19.9. The second kappa shape index (κ2) is 9.94. The Morgan fingerprint density at radius 3 is 2.31 bits per heavy atom. The quantitative estimate of drug-likeness (QED) is 0.465. The first-order chi connectivity index (χ1) is 14.2. The molecule has 0 saturated carbocycles. The summed E-state index contributed by atoms with van der Waals surface area (Å²) < 4.78 is 16.2. The van der Waals surface area contributed by atoms with E-state index in [0.717, 1.165) is 16.9 Å². The molecule has 0 atom stereocenters. The lowest BCUT2D eigenvalue weighted by Crippen LogP contribution is -2.17. The van der Waals surface area contributed by atoms with Crippen LogP contribution in [0.15, 0.2) is 77.9 Å². The van der Waals surface area contributed by atoms with Crippen molar-refractivity contribution in [3.63, 3.8) is 0 Å². The number of carbonyl (C=O) groups is 1. The van der Waals surface area contributed by atoms with Crippen molar-refractivity contribution in [1.82, 2.24) is 5.43 Å². The third-order valence-electron chi connectivity index (χ3n) is 4.10. The van der Waals surface area contributed by atoms with Gasteiger partial charge in [0.2, 0.25) is 0 Å². The van der Waals surface area contributed by atoms with Crippen molar-refractivity contribution in [2.75, 3.05) is 14.2 Å². The number of hydrogen-bond acceptors (Lipinski definition) is 5. The highest BCUT2D eigenvalue weighted by molar-refractivity contribution is 5.95. The van der Waals surface area contributed by atoms with Gasteiger partial charge in [0, 0.05) is 11.6 Å². The minimum atomic E-state index is -0.366. The molecule has 0 saturated heterocycles. The normalized spacial score (nSPS) is 10.6. The van der Waals surface area contributed by atoms with Gasteiger partial charge >= 0.3 is 0 Å². The van der Waals surface area contributed by atoms with Gasteiger partial charge in [-0.15, -0.1) is 0 Å². The lowest BCUT2D eigenvalue weighted by atomic mass is 10.2. The van der Waals surface area contributed by atoms with E-state index < -0.39 is 0 Å². The highest BCUT2D eigenvalue weighted by Gasteiger charge is 2.09. The van der Waals surface area contributed by atoms with Gasteiger partial charge in [0.25, 0.3) is 5.91 Å². The van der Waals surface area contributed by atoms with Gasteiger partial charge < -0.3 is 14.2 Å². The molecule has 6 heteroatoms. The number of carbonyl (C=O) groups excluding carboxylic acids is 1. The molecule has 0 aromatic heterocycles. The maximum atomic E-state index is 12.3. The Kier molecular flexibility index (Phi) is 6.84. The minimum Gasteiger partial charge on any atom is -0.497 e. The maximum absolute atomic E-state index is 12.3. The van der Waals surface area contributed by atoms with E-state index in [4.69, 9.17) is 14.2 Å². The van der Waals surface area contributed by atoms with E-state index in [1.807, 2.05) is 54.6 Å². The van der Waals surface area contributed by atoms with E-state index in [1.54, 1.807) is 24.4 Å². The molecule has 0 aliphatic rings. The summed E-state index contributed by atoms with van der Waals surface area (Å²) in [7, 11) is 3.06. The van der Waals surface area contributed by atoms with Crippen molar-refractivity contribution in [3.05, 3.63) is 89.5 Å². The molecule has 0 aliphatic carbocycles. The van der Waals surface area contributed by atoms with Gasteiger partial charge in [0.15, 0.2) is 0 Å². The Bertz CT molecular complexity index is 965. The van der Waals surface area contributed by atoms with Crippen molar-refractivity contribution >= 4 is 12.1 Å². The zero-order valence-electron chi connectivity index (χ0n) is 16.3. The smallest absolute Gasteiger partial charge is 0.271 e. The van der Waals surface area contributed by atoms with Gasteiger partial charge in [0.05, 0.1) is 20.4 Å². The Hall–Kier alpha value is -3.80. The number of nitrogens with one attached hydrogen (secondary N) is 1. The van der Waals surface area contributed by atoms with Crippen LogP contribution >= 0.6 is 0 Å². The van der Waals surface area contributed by atoms with Crippen molar-refractivity contribution < 1.29 is 19.0 Å². The van der Waals surface area contributed by atoms with Crippen molar-refractivity contribution in [1.29, 1.82) is 0 Å². The fourth-order valence-corrected chi connectivity index (χ4v) is 2.59. The summed E-state index contributed by atoms with van der Waals surface area (Å²) in [6, 6.07) is 22.3. The number of rotatable bonds is 8. The highest BCUT2D eigenvalue weighted by Crippen LogP contribution is 2.22. The average Bonchev–Trinajstić information content (AvgIpc) is 2.78. The molecule has 3 rings (SSSR count). The van der Waals surface area contributed by atoms with E-state index in [-0.39, 0.29) is 5.91 Å². The first-order valence-electron chi connectivity index (χ1n) is 9.01. The first-order valence-corrected chi connectivity index (χ1v) is 9.01. The molecule has 0 aliphatic heterocycles. The third-order valence-corrected chi connectivity index (χ3v) is 4.10. The molecule has 29 heavy (non-hydrogen) atoms. The Balaban J connectivity index is 1.61. The molecule has 0 spiro atoms. The summed E-state index contributed by atoms with van der Waals surface area (Å²) in [4.78, 5) is 12.3. The maximum Gasteiger partial charge on any atom is 0.271 e. The SMILES string of the molecule is COc1cc(OC)cc(C(=O)N/N=C/c2cccc(OCc3ccccc3)c2)c1. The van der Waals surface area contributed by atoms with E-state index in [9.17, 15) is 4.79 Å². The van der Waals surface area contributed by atoms with Crippen molar-refractivity contribution in [3.8, 4) is 17.2 Å². The van der Waals surface area contributed by atoms with Gasteiger partial charge in [-0.25, -0.2) is 5.43 Å². The van der Waals surface area contributed by atoms with Gasteiger partial charge in [0.1, 0.15) is 23.9 Å². The molecule has 6 nitrogen and oxygen atoms in total. The van der Waals surface area contributed by atoms with Gasteiger partial charge in [-0.05, 0) is 35.4 Å². The molecule has 148 valence electrons. The third kappa shape index (κ3) is 5.84. The summed E-state index contributed by atoms with van der Waals surface area (Å²) in [5.41, 5.74) is 4.79. The Morgan fingerprint density at radius 1 is 0.897 bits per heavy atom. The zero-order valence-corrected chi connectivity index (χ0v) is 16.3. The number of hydrazone groups is 1. The lowest BCUT2D eigenvalue weighted by molar-refractivity contribution is 0.0954. The van der Waals surface area contributed by atoms with Crippen LogP contribution in [0.25, 0.3) is 0 Å². The average molecular weight is 390 g/mol. The summed E-state index contributed by atoms with van der Waals surface area (Å²) in [6.07, 6.45) is 1.56. The van der Waals surface area contributed by atoms with Gasteiger partial charge in [-0.3, -0.25) is 4.79 Å². The minimum absolute atomic E-state index is 0.366. The number of hydrogen-bond donors (Lipinski definition) is 1. The van der Waals surface area contributed by atoms with Crippen LogP contribution in [-0.2, 0) is 6.61 Å². The van der Waals surface area contributed by atoms with Crippen LogP contribution in [0.1, 0.15) is 21.5 Å². The van der Waals surface area contributed by atoms with Crippen molar-refractivity contribution in [2.45, 2.75) is 6.61 Å². The molecule has 0 bridgehead atoms. The molecule has 0 fully saturated rings. The number of nitrogens with zero attached hydrogens (tertiary/aromatic N) is 1. The number of ether oxygens (including phenoxy) is 3. The number of benzene rings is 3. The summed E-state index contributed by atoms with van der Waals surface area (Å²) >= 11 is 0. The van der Waals surface area contributed by atoms with Crippen LogP contribution in [0.2, 0.25) is 0 Å².